The minimum absolute atomic E-state index is 0.128. The molecular formula is C16H21N3O3S2. The number of amides is 1. The molecule has 0 unspecified atom stereocenters. The minimum Gasteiger partial charge on any atom is -0.351 e. The third-order valence-corrected chi connectivity index (χ3v) is 6.12. The Labute approximate surface area is 146 Å². The number of benzene rings is 1. The fourth-order valence-corrected chi connectivity index (χ4v) is 4.79. The van der Waals surface area contributed by atoms with Crippen LogP contribution in [0.3, 0.4) is 0 Å². The van der Waals surface area contributed by atoms with Gasteiger partial charge in [-0.15, -0.1) is 11.3 Å². The smallest absolute Gasteiger partial charge is 0.251 e. The van der Waals surface area contributed by atoms with E-state index in [1.807, 2.05) is 6.92 Å². The third-order valence-electron chi connectivity index (χ3n) is 3.44. The van der Waals surface area contributed by atoms with Crippen LogP contribution >= 0.6 is 11.3 Å². The highest BCUT2D eigenvalue weighted by Crippen LogP contribution is 2.24. The van der Waals surface area contributed by atoms with Crippen molar-refractivity contribution < 1.29 is 13.2 Å². The second kappa shape index (κ2) is 7.89. The van der Waals surface area contributed by atoms with E-state index in [4.69, 9.17) is 5.73 Å². The molecule has 0 atom stereocenters. The van der Waals surface area contributed by atoms with Crippen molar-refractivity contribution in [3.8, 4) is 0 Å². The molecule has 4 N–H and O–H groups in total. The second-order valence-corrected chi connectivity index (χ2v) is 8.53. The Morgan fingerprint density at radius 2 is 1.83 bits per heavy atom. The van der Waals surface area contributed by atoms with Gasteiger partial charge in [0.05, 0.1) is 4.90 Å². The van der Waals surface area contributed by atoms with Crippen LogP contribution < -0.4 is 15.8 Å². The molecule has 1 aromatic heterocycles. The summed E-state index contributed by atoms with van der Waals surface area (Å²) >= 11 is 1.44. The number of hydrogen-bond acceptors (Lipinski definition) is 5. The van der Waals surface area contributed by atoms with E-state index in [1.165, 1.54) is 11.3 Å². The maximum atomic E-state index is 12.2. The summed E-state index contributed by atoms with van der Waals surface area (Å²) < 4.78 is 26.9. The third kappa shape index (κ3) is 4.64. The summed E-state index contributed by atoms with van der Waals surface area (Å²) in [7, 11) is -3.55. The molecule has 0 bridgehead atoms. The molecule has 1 amide bonds. The Hall–Kier alpha value is -1.74. The zero-order chi connectivity index (χ0) is 17.7. The summed E-state index contributed by atoms with van der Waals surface area (Å²) in [6.07, 6.45) is 0. The molecule has 130 valence electrons. The van der Waals surface area contributed by atoms with E-state index in [0.717, 1.165) is 15.3 Å². The van der Waals surface area contributed by atoms with Gasteiger partial charge in [-0.05, 0) is 37.6 Å². The van der Waals surface area contributed by atoms with Gasteiger partial charge in [0.15, 0.2) is 0 Å². The predicted molar refractivity (Wildman–Crippen MR) is 95.6 cm³/mol. The second-order valence-electron chi connectivity index (χ2n) is 5.33. The molecule has 8 heteroatoms. The minimum atomic E-state index is -3.55. The molecule has 0 aliphatic heterocycles. The average molecular weight is 367 g/mol. The van der Waals surface area contributed by atoms with Crippen molar-refractivity contribution in [2.75, 3.05) is 13.1 Å². The summed E-state index contributed by atoms with van der Waals surface area (Å²) in [5, 5.41) is 2.69. The average Bonchev–Trinajstić information content (AvgIpc) is 2.91. The molecule has 6 nitrogen and oxygen atoms in total. The first-order valence-corrected chi connectivity index (χ1v) is 9.77. The van der Waals surface area contributed by atoms with Crippen LogP contribution in [-0.4, -0.2) is 27.4 Å². The summed E-state index contributed by atoms with van der Waals surface area (Å²) in [5.41, 5.74) is 6.97. The first kappa shape index (κ1) is 18.6. The van der Waals surface area contributed by atoms with E-state index in [-0.39, 0.29) is 19.0 Å². The summed E-state index contributed by atoms with van der Waals surface area (Å²) in [4.78, 5) is 14.0. The fraction of sp³-hybridized carbons (Fsp3) is 0.312. The van der Waals surface area contributed by atoms with Crippen LogP contribution in [-0.2, 0) is 16.6 Å². The van der Waals surface area contributed by atoms with Crippen molar-refractivity contribution in [2.24, 2.45) is 5.73 Å². The van der Waals surface area contributed by atoms with E-state index in [1.54, 1.807) is 37.3 Å². The van der Waals surface area contributed by atoms with Gasteiger partial charge in [0.2, 0.25) is 10.0 Å². The van der Waals surface area contributed by atoms with Crippen LogP contribution in [0.15, 0.2) is 35.2 Å². The molecule has 24 heavy (non-hydrogen) atoms. The molecule has 0 radical (unpaired) electrons. The van der Waals surface area contributed by atoms with E-state index in [2.05, 4.69) is 10.0 Å². The monoisotopic (exact) mass is 367 g/mol. The normalized spacial score (nSPS) is 11.5. The molecule has 1 aromatic carbocycles. The lowest BCUT2D eigenvalue weighted by Crippen LogP contribution is -2.34. The predicted octanol–water partition coefficient (Wildman–Crippen LogP) is 1.53. The number of carbonyl (C=O) groups excluding carboxylic acids is 1. The number of aryl methyl sites for hydroxylation is 2. The SMILES string of the molecule is Cc1cc(S(=O)(=O)NCCNC(=O)c2ccc(CN)cc2)c(C)s1. The number of nitrogens with two attached hydrogens (primary N) is 1. The molecule has 2 aromatic rings. The highest BCUT2D eigenvalue weighted by Gasteiger charge is 2.18. The van der Waals surface area contributed by atoms with Crippen LogP contribution in [0.2, 0.25) is 0 Å². The van der Waals surface area contributed by atoms with E-state index in [0.29, 0.717) is 17.0 Å². The standard InChI is InChI=1S/C16H21N3O3S2/c1-11-9-15(12(2)23-11)24(21,22)19-8-7-18-16(20)14-5-3-13(10-17)4-6-14/h3-6,9,19H,7-8,10,17H2,1-2H3,(H,18,20). The number of thiophene rings is 1. The lowest BCUT2D eigenvalue weighted by molar-refractivity contribution is 0.0954. The molecule has 0 aliphatic carbocycles. The van der Waals surface area contributed by atoms with Gasteiger partial charge < -0.3 is 11.1 Å². The van der Waals surface area contributed by atoms with E-state index >= 15 is 0 Å². The highest BCUT2D eigenvalue weighted by molar-refractivity contribution is 7.89. The van der Waals surface area contributed by atoms with Crippen molar-refractivity contribution in [1.82, 2.24) is 10.0 Å². The molecule has 0 saturated heterocycles. The maximum Gasteiger partial charge on any atom is 0.251 e. The number of rotatable bonds is 7. The van der Waals surface area contributed by atoms with Crippen LogP contribution in [0, 0.1) is 13.8 Å². The Balaban J connectivity index is 1.85. The van der Waals surface area contributed by atoms with Crippen LogP contribution in [0.1, 0.15) is 25.7 Å². The lowest BCUT2D eigenvalue weighted by atomic mass is 10.1. The zero-order valence-electron chi connectivity index (χ0n) is 13.6. The van der Waals surface area contributed by atoms with Crippen molar-refractivity contribution in [2.45, 2.75) is 25.3 Å². The van der Waals surface area contributed by atoms with Gasteiger partial charge in [-0.25, -0.2) is 13.1 Å². The van der Waals surface area contributed by atoms with Crippen molar-refractivity contribution in [3.05, 3.63) is 51.2 Å². The van der Waals surface area contributed by atoms with Crippen LogP contribution in [0.25, 0.3) is 0 Å². The molecule has 0 spiro atoms. The van der Waals surface area contributed by atoms with E-state index < -0.39 is 10.0 Å². The Morgan fingerprint density at radius 3 is 2.38 bits per heavy atom. The van der Waals surface area contributed by atoms with Crippen molar-refractivity contribution in [3.63, 3.8) is 0 Å². The van der Waals surface area contributed by atoms with Gasteiger partial charge in [-0.2, -0.15) is 0 Å². The van der Waals surface area contributed by atoms with Gasteiger partial charge in [0.25, 0.3) is 5.91 Å². The fourth-order valence-electron chi connectivity index (χ4n) is 2.21. The van der Waals surface area contributed by atoms with Gasteiger partial charge >= 0.3 is 0 Å². The number of sulfonamides is 1. The Bertz CT molecular complexity index is 812. The quantitative estimate of drug-likeness (QED) is 0.646. The summed E-state index contributed by atoms with van der Waals surface area (Å²) in [5.74, 6) is -0.250. The van der Waals surface area contributed by atoms with Gasteiger partial charge in [0, 0.05) is 35.0 Å². The molecular weight excluding hydrogens is 346 g/mol. The van der Waals surface area contributed by atoms with Gasteiger partial charge in [-0.1, -0.05) is 12.1 Å². The maximum absolute atomic E-state index is 12.2. The Morgan fingerprint density at radius 1 is 1.17 bits per heavy atom. The molecule has 0 saturated carbocycles. The van der Waals surface area contributed by atoms with Gasteiger partial charge in [0.1, 0.15) is 0 Å². The zero-order valence-corrected chi connectivity index (χ0v) is 15.3. The first-order valence-electron chi connectivity index (χ1n) is 7.47. The molecule has 0 aliphatic rings. The first-order chi connectivity index (χ1) is 11.3. The Kier molecular flexibility index (Phi) is 6.11. The van der Waals surface area contributed by atoms with Crippen molar-refractivity contribution >= 4 is 27.3 Å². The van der Waals surface area contributed by atoms with E-state index in [9.17, 15) is 13.2 Å². The number of hydrogen-bond donors (Lipinski definition) is 3. The van der Waals surface area contributed by atoms with Crippen LogP contribution in [0.5, 0.6) is 0 Å². The van der Waals surface area contributed by atoms with Crippen molar-refractivity contribution in [1.29, 1.82) is 0 Å². The summed E-state index contributed by atoms with van der Waals surface area (Å²) in [6.45, 7) is 4.40. The summed E-state index contributed by atoms with van der Waals surface area (Å²) in [6, 6.07) is 8.62. The lowest BCUT2D eigenvalue weighted by Gasteiger charge is -2.08. The molecule has 0 fully saturated rings. The largest absolute Gasteiger partial charge is 0.351 e. The number of carbonyl (C=O) groups is 1. The van der Waals surface area contributed by atoms with Crippen LogP contribution in [0.4, 0.5) is 0 Å². The van der Waals surface area contributed by atoms with Gasteiger partial charge in [-0.3, -0.25) is 4.79 Å². The highest BCUT2D eigenvalue weighted by atomic mass is 32.2. The topological polar surface area (TPSA) is 101 Å². The molecule has 1 heterocycles. The number of nitrogens with one attached hydrogen (secondary N) is 2. The molecule has 2 rings (SSSR count).